The Hall–Kier alpha value is -4.46. The molecule has 3 aromatic carbocycles. The van der Waals surface area contributed by atoms with E-state index in [1.807, 2.05) is 0 Å². The number of aliphatic hydroxyl groups is 1. The van der Waals surface area contributed by atoms with Gasteiger partial charge in [0, 0.05) is 16.8 Å². The monoisotopic (exact) mass is 475 g/mol. The van der Waals surface area contributed by atoms with Crippen LogP contribution >= 0.6 is 0 Å². The average molecular weight is 475 g/mol. The first kappa shape index (κ1) is 23.7. The van der Waals surface area contributed by atoms with E-state index in [0.29, 0.717) is 5.75 Å². The number of carbonyl (C=O) groups excluding carboxylic acids is 3. The molecule has 0 saturated carbocycles. The van der Waals surface area contributed by atoms with Gasteiger partial charge in [-0.25, -0.2) is 9.18 Å². The van der Waals surface area contributed by atoms with Crippen molar-refractivity contribution in [2.45, 2.75) is 13.0 Å². The molecule has 1 atom stereocenters. The van der Waals surface area contributed by atoms with Crippen LogP contribution in [0.1, 0.15) is 34.5 Å². The van der Waals surface area contributed by atoms with Crippen LogP contribution in [0.25, 0.3) is 5.76 Å². The third-order valence-corrected chi connectivity index (χ3v) is 5.66. The number of methoxy groups -OCH3 is 1. The molecular formula is C27H22FNO6. The molecule has 35 heavy (non-hydrogen) atoms. The fourth-order valence-electron chi connectivity index (χ4n) is 3.97. The highest BCUT2D eigenvalue weighted by Gasteiger charge is 2.47. The molecule has 0 aromatic heterocycles. The first-order chi connectivity index (χ1) is 16.9. The molecule has 1 heterocycles. The summed E-state index contributed by atoms with van der Waals surface area (Å²) in [7, 11) is 1.49. The van der Waals surface area contributed by atoms with E-state index in [1.165, 1.54) is 61.7 Å². The van der Waals surface area contributed by atoms with Crippen molar-refractivity contribution in [3.8, 4) is 5.75 Å². The third-order valence-electron chi connectivity index (χ3n) is 5.66. The van der Waals surface area contributed by atoms with Crippen molar-refractivity contribution in [3.05, 3.63) is 101 Å². The van der Waals surface area contributed by atoms with E-state index in [2.05, 4.69) is 0 Å². The minimum Gasteiger partial charge on any atom is -0.507 e. The number of anilines is 1. The standard InChI is InChI=1S/C27H22FNO6/c1-3-35-27(33)17-8-12-18(13-9-17)29-23(20-6-4-5-7-21(20)28)22(25(31)26(29)32)24(30)16-10-14-19(34-2)15-11-16/h4-15,23,30H,3H2,1-2H3/b24-22+. The first-order valence-corrected chi connectivity index (χ1v) is 10.8. The van der Waals surface area contributed by atoms with Gasteiger partial charge in [-0.2, -0.15) is 0 Å². The van der Waals surface area contributed by atoms with Crippen LogP contribution in [0.2, 0.25) is 0 Å². The summed E-state index contributed by atoms with van der Waals surface area (Å²) >= 11 is 0. The summed E-state index contributed by atoms with van der Waals surface area (Å²) in [6, 6.07) is 16.6. The maximum Gasteiger partial charge on any atom is 0.338 e. The number of ketones is 1. The zero-order valence-corrected chi connectivity index (χ0v) is 19.0. The zero-order chi connectivity index (χ0) is 25.1. The Balaban J connectivity index is 1.86. The summed E-state index contributed by atoms with van der Waals surface area (Å²) in [6.45, 7) is 1.89. The number of esters is 1. The molecule has 178 valence electrons. The summed E-state index contributed by atoms with van der Waals surface area (Å²) in [4.78, 5) is 39.4. The van der Waals surface area contributed by atoms with E-state index in [0.717, 1.165) is 4.90 Å². The van der Waals surface area contributed by atoms with Gasteiger partial charge in [-0.3, -0.25) is 14.5 Å². The average Bonchev–Trinajstić information content (AvgIpc) is 3.14. The number of amides is 1. The molecule has 1 amide bonds. The first-order valence-electron chi connectivity index (χ1n) is 10.8. The van der Waals surface area contributed by atoms with Gasteiger partial charge in [-0.15, -0.1) is 0 Å². The number of aliphatic hydroxyl groups excluding tert-OH is 1. The summed E-state index contributed by atoms with van der Waals surface area (Å²) < 4.78 is 25.1. The maximum absolute atomic E-state index is 14.9. The molecule has 8 heteroatoms. The zero-order valence-electron chi connectivity index (χ0n) is 19.0. The molecule has 1 unspecified atom stereocenters. The van der Waals surface area contributed by atoms with Crippen molar-refractivity contribution in [1.82, 2.24) is 0 Å². The van der Waals surface area contributed by atoms with Gasteiger partial charge in [0.15, 0.2) is 0 Å². The molecule has 0 spiro atoms. The van der Waals surface area contributed by atoms with Gasteiger partial charge < -0.3 is 14.6 Å². The van der Waals surface area contributed by atoms with E-state index in [1.54, 1.807) is 25.1 Å². The van der Waals surface area contributed by atoms with E-state index in [4.69, 9.17) is 9.47 Å². The molecule has 1 fully saturated rings. The Morgan fingerprint density at radius 2 is 1.60 bits per heavy atom. The van der Waals surface area contributed by atoms with Crippen LogP contribution in [0.5, 0.6) is 5.75 Å². The largest absolute Gasteiger partial charge is 0.507 e. The highest BCUT2D eigenvalue weighted by atomic mass is 19.1. The Labute approximate surface area is 201 Å². The molecule has 3 aromatic rings. The van der Waals surface area contributed by atoms with Crippen LogP contribution in [0.4, 0.5) is 10.1 Å². The number of hydrogen-bond acceptors (Lipinski definition) is 6. The van der Waals surface area contributed by atoms with Crippen molar-refractivity contribution in [1.29, 1.82) is 0 Å². The molecular weight excluding hydrogens is 453 g/mol. The molecule has 0 radical (unpaired) electrons. The van der Waals surface area contributed by atoms with Gasteiger partial charge in [0.2, 0.25) is 0 Å². The van der Waals surface area contributed by atoms with Crippen molar-refractivity contribution in [2.75, 3.05) is 18.6 Å². The second kappa shape index (κ2) is 9.80. The minimum absolute atomic E-state index is 0.0382. The molecule has 1 saturated heterocycles. The third kappa shape index (κ3) is 4.38. The van der Waals surface area contributed by atoms with Crippen LogP contribution in [-0.4, -0.2) is 36.5 Å². The van der Waals surface area contributed by atoms with Crippen LogP contribution in [-0.2, 0) is 14.3 Å². The Morgan fingerprint density at radius 1 is 0.971 bits per heavy atom. The lowest BCUT2D eigenvalue weighted by Crippen LogP contribution is -2.29. The summed E-state index contributed by atoms with van der Waals surface area (Å²) in [5, 5.41) is 11.1. The van der Waals surface area contributed by atoms with Gasteiger partial charge >= 0.3 is 5.97 Å². The number of benzene rings is 3. The highest BCUT2D eigenvalue weighted by Crippen LogP contribution is 2.43. The SMILES string of the molecule is CCOC(=O)c1ccc(N2C(=O)C(=O)/C(=C(/O)c3ccc(OC)cc3)C2c2ccccc2F)cc1. The number of nitrogens with zero attached hydrogens (tertiary/aromatic N) is 1. The van der Waals surface area contributed by atoms with Crippen LogP contribution in [0.15, 0.2) is 78.4 Å². The minimum atomic E-state index is -1.23. The predicted octanol–water partition coefficient (Wildman–Crippen LogP) is 4.64. The smallest absolute Gasteiger partial charge is 0.338 e. The summed E-state index contributed by atoms with van der Waals surface area (Å²) in [5.74, 6) is -2.98. The summed E-state index contributed by atoms with van der Waals surface area (Å²) in [5.41, 5.74) is 0.564. The lowest BCUT2D eigenvalue weighted by molar-refractivity contribution is -0.132. The van der Waals surface area contributed by atoms with Crippen LogP contribution < -0.4 is 9.64 Å². The topological polar surface area (TPSA) is 93.1 Å². The van der Waals surface area contributed by atoms with E-state index >= 15 is 0 Å². The van der Waals surface area contributed by atoms with Gasteiger partial charge in [-0.1, -0.05) is 18.2 Å². The predicted molar refractivity (Wildman–Crippen MR) is 127 cm³/mol. The fourth-order valence-corrected chi connectivity index (χ4v) is 3.97. The molecule has 4 rings (SSSR count). The van der Waals surface area contributed by atoms with Crippen molar-refractivity contribution < 1.29 is 33.4 Å². The second-order valence-electron chi connectivity index (χ2n) is 7.69. The molecule has 1 aliphatic rings. The molecule has 0 bridgehead atoms. The lowest BCUT2D eigenvalue weighted by atomic mass is 9.94. The second-order valence-corrected chi connectivity index (χ2v) is 7.69. The quantitative estimate of drug-likeness (QED) is 0.242. The number of carbonyl (C=O) groups is 3. The van der Waals surface area contributed by atoms with Gasteiger partial charge in [0.05, 0.1) is 30.9 Å². The van der Waals surface area contributed by atoms with Gasteiger partial charge in [-0.05, 0) is 61.5 Å². The number of hydrogen-bond donors (Lipinski definition) is 1. The Kier molecular flexibility index (Phi) is 6.64. The van der Waals surface area contributed by atoms with Gasteiger partial charge in [0.25, 0.3) is 11.7 Å². The number of Topliss-reactive ketones (excluding diaryl/α,β-unsaturated/α-hetero) is 1. The van der Waals surface area contributed by atoms with Crippen molar-refractivity contribution >= 4 is 29.1 Å². The fraction of sp³-hybridized carbons (Fsp3) is 0.148. The number of ether oxygens (including phenoxy) is 2. The van der Waals surface area contributed by atoms with E-state index in [-0.39, 0.29) is 34.6 Å². The van der Waals surface area contributed by atoms with E-state index < -0.39 is 35.3 Å². The maximum atomic E-state index is 14.9. The van der Waals surface area contributed by atoms with Crippen LogP contribution in [0.3, 0.4) is 0 Å². The molecule has 1 N–H and O–H groups in total. The number of rotatable bonds is 6. The number of halogens is 1. The molecule has 7 nitrogen and oxygen atoms in total. The Morgan fingerprint density at radius 3 is 2.20 bits per heavy atom. The van der Waals surface area contributed by atoms with Crippen molar-refractivity contribution in [2.24, 2.45) is 0 Å². The van der Waals surface area contributed by atoms with Crippen LogP contribution in [0, 0.1) is 5.82 Å². The molecule has 0 aliphatic carbocycles. The van der Waals surface area contributed by atoms with Gasteiger partial charge in [0.1, 0.15) is 17.3 Å². The van der Waals surface area contributed by atoms with E-state index in [9.17, 15) is 23.9 Å². The Bertz CT molecular complexity index is 1310. The van der Waals surface area contributed by atoms with Crippen molar-refractivity contribution in [3.63, 3.8) is 0 Å². The summed E-state index contributed by atoms with van der Waals surface area (Å²) in [6.07, 6.45) is 0. The normalized spacial score (nSPS) is 16.9. The molecule has 1 aliphatic heterocycles. The highest BCUT2D eigenvalue weighted by molar-refractivity contribution is 6.51. The lowest BCUT2D eigenvalue weighted by Gasteiger charge is -2.26.